The highest BCUT2D eigenvalue weighted by Gasteiger charge is 2.29. The van der Waals surface area contributed by atoms with Crippen LogP contribution >= 0.6 is 0 Å². The lowest BCUT2D eigenvalue weighted by Gasteiger charge is -2.21. The van der Waals surface area contributed by atoms with Crippen molar-refractivity contribution in [2.24, 2.45) is 5.73 Å². The minimum atomic E-state index is -0.927. The van der Waals surface area contributed by atoms with Gasteiger partial charge < -0.3 is 15.2 Å². The Hall–Kier alpha value is -0.610. The van der Waals surface area contributed by atoms with E-state index in [4.69, 9.17) is 15.2 Å². The molecule has 0 saturated heterocycles. The number of rotatable bonds is 7. The van der Waals surface area contributed by atoms with Crippen LogP contribution < -0.4 is 5.73 Å². The first kappa shape index (κ1) is 13.4. The highest BCUT2D eigenvalue weighted by molar-refractivity contribution is 5.79. The van der Waals surface area contributed by atoms with Gasteiger partial charge >= 0.3 is 5.97 Å². The zero-order chi connectivity index (χ0) is 11.0. The first-order valence-electron chi connectivity index (χ1n) is 5.08. The van der Waals surface area contributed by atoms with Crippen molar-refractivity contribution >= 4 is 5.97 Å². The molecule has 0 aliphatic rings. The van der Waals surface area contributed by atoms with Gasteiger partial charge in [-0.05, 0) is 26.7 Å². The fraction of sp³-hybridized carbons (Fsp3) is 0.900. The van der Waals surface area contributed by atoms with Gasteiger partial charge in [0.15, 0.2) is 0 Å². The molecule has 0 aromatic rings. The average Bonchev–Trinajstić information content (AvgIpc) is 2.13. The van der Waals surface area contributed by atoms with E-state index in [1.807, 2.05) is 6.92 Å². The van der Waals surface area contributed by atoms with Gasteiger partial charge in [-0.2, -0.15) is 0 Å². The quantitative estimate of drug-likeness (QED) is 0.497. The Balaban J connectivity index is 3.76. The molecule has 0 rings (SSSR count). The number of esters is 1. The topological polar surface area (TPSA) is 61.5 Å². The Bertz CT molecular complexity index is 169. The molecule has 14 heavy (non-hydrogen) atoms. The van der Waals surface area contributed by atoms with Crippen LogP contribution in [0, 0.1) is 0 Å². The maximum Gasteiger partial charge on any atom is 0.325 e. The molecule has 4 nitrogen and oxygen atoms in total. The van der Waals surface area contributed by atoms with Gasteiger partial charge in [0, 0.05) is 13.2 Å². The predicted octanol–water partition coefficient (Wildman–Crippen LogP) is 1.08. The Morgan fingerprint density at radius 2 is 2.00 bits per heavy atom. The summed E-state index contributed by atoms with van der Waals surface area (Å²) >= 11 is 0. The molecule has 0 radical (unpaired) electrons. The fourth-order valence-corrected chi connectivity index (χ4v) is 0.929. The van der Waals surface area contributed by atoms with Crippen LogP contribution in [0.5, 0.6) is 0 Å². The van der Waals surface area contributed by atoms with Gasteiger partial charge in [0.2, 0.25) is 0 Å². The molecule has 2 N–H and O–H groups in total. The summed E-state index contributed by atoms with van der Waals surface area (Å²) in [6.45, 7) is 7.04. The number of carbonyl (C=O) groups is 1. The van der Waals surface area contributed by atoms with E-state index in [0.717, 1.165) is 6.42 Å². The molecular weight excluding hydrogens is 182 g/mol. The fourth-order valence-electron chi connectivity index (χ4n) is 0.929. The van der Waals surface area contributed by atoms with Crippen molar-refractivity contribution in [3.63, 3.8) is 0 Å². The van der Waals surface area contributed by atoms with E-state index in [0.29, 0.717) is 26.2 Å². The predicted molar refractivity (Wildman–Crippen MR) is 55.0 cm³/mol. The van der Waals surface area contributed by atoms with Crippen molar-refractivity contribution in [1.29, 1.82) is 0 Å². The van der Waals surface area contributed by atoms with Crippen LogP contribution in [0.3, 0.4) is 0 Å². The zero-order valence-corrected chi connectivity index (χ0v) is 9.34. The van der Waals surface area contributed by atoms with Crippen LogP contribution in [0.1, 0.15) is 33.6 Å². The number of hydrogen-bond donors (Lipinski definition) is 1. The molecule has 0 amide bonds. The Morgan fingerprint density at radius 3 is 2.50 bits per heavy atom. The normalized spacial score (nSPS) is 14.9. The number of ether oxygens (including phenoxy) is 2. The molecule has 0 aliphatic heterocycles. The van der Waals surface area contributed by atoms with Crippen molar-refractivity contribution in [2.45, 2.75) is 39.2 Å². The van der Waals surface area contributed by atoms with E-state index in [1.165, 1.54) is 0 Å². The van der Waals surface area contributed by atoms with Crippen molar-refractivity contribution in [2.75, 3.05) is 19.8 Å². The van der Waals surface area contributed by atoms with Gasteiger partial charge in [0.1, 0.15) is 5.54 Å². The molecule has 0 aromatic heterocycles. The van der Waals surface area contributed by atoms with Gasteiger partial charge in [0.25, 0.3) is 0 Å². The van der Waals surface area contributed by atoms with E-state index in [9.17, 15) is 4.79 Å². The largest absolute Gasteiger partial charge is 0.465 e. The first-order chi connectivity index (χ1) is 6.54. The third-order valence-electron chi connectivity index (χ3n) is 1.86. The van der Waals surface area contributed by atoms with Crippen LogP contribution in [-0.4, -0.2) is 31.3 Å². The van der Waals surface area contributed by atoms with Crippen molar-refractivity contribution in [3.05, 3.63) is 0 Å². The van der Waals surface area contributed by atoms with E-state index in [2.05, 4.69) is 0 Å². The number of carbonyl (C=O) groups excluding carboxylic acids is 1. The second-order valence-electron chi connectivity index (χ2n) is 3.50. The number of hydrogen-bond acceptors (Lipinski definition) is 4. The molecule has 0 spiro atoms. The third-order valence-corrected chi connectivity index (χ3v) is 1.86. The summed E-state index contributed by atoms with van der Waals surface area (Å²) < 4.78 is 10.1. The Kier molecular flexibility index (Phi) is 6.49. The molecule has 0 aromatic carbocycles. The van der Waals surface area contributed by atoms with E-state index in [1.54, 1.807) is 13.8 Å². The standard InChI is InChI=1S/C10H21NO3/c1-4-7-13-8-6-10(3,11)9(12)14-5-2/h4-8,11H2,1-3H3. The molecule has 0 aliphatic carbocycles. The molecule has 0 bridgehead atoms. The van der Waals surface area contributed by atoms with Gasteiger partial charge in [-0.3, -0.25) is 4.79 Å². The summed E-state index contributed by atoms with van der Waals surface area (Å²) in [5, 5.41) is 0. The smallest absolute Gasteiger partial charge is 0.325 e. The Labute approximate surface area is 85.8 Å². The monoisotopic (exact) mass is 203 g/mol. The molecule has 84 valence electrons. The van der Waals surface area contributed by atoms with Crippen molar-refractivity contribution < 1.29 is 14.3 Å². The summed E-state index contributed by atoms with van der Waals surface area (Å²) in [7, 11) is 0. The molecule has 0 heterocycles. The molecule has 1 unspecified atom stereocenters. The third kappa shape index (κ3) is 5.19. The second-order valence-corrected chi connectivity index (χ2v) is 3.50. The molecule has 0 fully saturated rings. The first-order valence-corrected chi connectivity index (χ1v) is 5.08. The summed E-state index contributed by atoms with van der Waals surface area (Å²) in [6, 6.07) is 0. The highest BCUT2D eigenvalue weighted by atomic mass is 16.5. The lowest BCUT2D eigenvalue weighted by atomic mass is 10.0. The second kappa shape index (κ2) is 6.79. The lowest BCUT2D eigenvalue weighted by molar-refractivity contribution is -0.149. The van der Waals surface area contributed by atoms with Crippen LogP contribution in [0.25, 0.3) is 0 Å². The minimum Gasteiger partial charge on any atom is -0.465 e. The minimum absolute atomic E-state index is 0.361. The number of nitrogens with two attached hydrogens (primary N) is 1. The van der Waals surface area contributed by atoms with E-state index < -0.39 is 5.54 Å². The lowest BCUT2D eigenvalue weighted by Crippen LogP contribution is -2.47. The molecule has 0 saturated carbocycles. The van der Waals surface area contributed by atoms with E-state index >= 15 is 0 Å². The van der Waals surface area contributed by atoms with Crippen LogP contribution in [0.4, 0.5) is 0 Å². The van der Waals surface area contributed by atoms with Crippen molar-refractivity contribution in [3.8, 4) is 0 Å². The van der Waals surface area contributed by atoms with Crippen molar-refractivity contribution in [1.82, 2.24) is 0 Å². The van der Waals surface area contributed by atoms with Crippen LogP contribution in [0.15, 0.2) is 0 Å². The SMILES string of the molecule is CCCOCCC(C)(N)C(=O)OCC. The summed E-state index contributed by atoms with van der Waals surface area (Å²) in [6.07, 6.45) is 1.46. The maximum absolute atomic E-state index is 11.3. The van der Waals surface area contributed by atoms with Crippen LogP contribution in [0.2, 0.25) is 0 Å². The molecule has 1 atom stereocenters. The summed E-state index contributed by atoms with van der Waals surface area (Å²) in [5.74, 6) is -0.361. The zero-order valence-electron chi connectivity index (χ0n) is 9.34. The summed E-state index contributed by atoms with van der Waals surface area (Å²) in [5.41, 5.74) is 4.85. The highest BCUT2D eigenvalue weighted by Crippen LogP contribution is 2.08. The summed E-state index contributed by atoms with van der Waals surface area (Å²) in [4.78, 5) is 11.3. The maximum atomic E-state index is 11.3. The van der Waals surface area contributed by atoms with Crippen LogP contribution in [-0.2, 0) is 14.3 Å². The molecular formula is C10H21NO3. The van der Waals surface area contributed by atoms with Gasteiger partial charge in [-0.25, -0.2) is 0 Å². The van der Waals surface area contributed by atoms with Gasteiger partial charge in [0.05, 0.1) is 6.61 Å². The van der Waals surface area contributed by atoms with Gasteiger partial charge in [-0.15, -0.1) is 0 Å². The average molecular weight is 203 g/mol. The van der Waals surface area contributed by atoms with E-state index in [-0.39, 0.29) is 5.97 Å². The molecule has 4 heteroatoms. The Morgan fingerprint density at radius 1 is 1.36 bits per heavy atom. The van der Waals surface area contributed by atoms with Gasteiger partial charge in [-0.1, -0.05) is 6.92 Å².